The Kier molecular flexibility index (Phi) is 4.21. The first kappa shape index (κ1) is 15.4. The molecule has 2 N–H and O–H groups in total. The minimum absolute atomic E-state index is 0.120. The Morgan fingerprint density at radius 2 is 1.95 bits per heavy atom. The third-order valence-corrected chi connectivity index (χ3v) is 4.52. The molecule has 0 aliphatic carbocycles. The van der Waals surface area contributed by atoms with Gasteiger partial charge in [0, 0.05) is 18.6 Å². The van der Waals surface area contributed by atoms with Crippen LogP contribution >= 0.6 is 11.6 Å². The lowest BCUT2D eigenvalue weighted by Gasteiger charge is -2.43. The maximum Gasteiger partial charge on any atom is 0.416 e. The molecule has 112 valence electrons. The van der Waals surface area contributed by atoms with Crippen molar-refractivity contribution in [1.29, 1.82) is 0 Å². The topological polar surface area (TPSA) is 29.3 Å². The fraction of sp³-hybridized carbons (Fsp3) is 0.571. The Hall–Kier alpha value is -0.940. The summed E-state index contributed by atoms with van der Waals surface area (Å²) in [5.74, 6) is 0.266. The second kappa shape index (κ2) is 5.45. The number of nitrogens with two attached hydrogens (primary N) is 1. The number of anilines is 1. The van der Waals surface area contributed by atoms with Crippen LogP contribution in [0.1, 0.15) is 25.8 Å². The summed E-state index contributed by atoms with van der Waals surface area (Å²) in [5.41, 5.74) is 5.94. The van der Waals surface area contributed by atoms with Crippen molar-refractivity contribution in [3.05, 3.63) is 28.8 Å². The molecule has 2 rings (SSSR count). The molecule has 1 saturated heterocycles. The van der Waals surface area contributed by atoms with Crippen LogP contribution in [0, 0.1) is 5.92 Å². The molecule has 0 spiro atoms. The van der Waals surface area contributed by atoms with E-state index in [2.05, 4.69) is 6.92 Å². The van der Waals surface area contributed by atoms with Crippen LogP contribution in [0.4, 0.5) is 18.9 Å². The van der Waals surface area contributed by atoms with Gasteiger partial charge in [0.1, 0.15) is 0 Å². The summed E-state index contributed by atoms with van der Waals surface area (Å²) in [4.78, 5) is 2.04. The molecular weight excluding hydrogens is 289 g/mol. The largest absolute Gasteiger partial charge is 0.416 e. The molecule has 0 bridgehead atoms. The maximum absolute atomic E-state index is 12.6. The summed E-state index contributed by atoms with van der Waals surface area (Å²) < 4.78 is 37.9. The first-order chi connectivity index (χ1) is 9.21. The van der Waals surface area contributed by atoms with E-state index in [1.54, 1.807) is 0 Å². The van der Waals surface area contributed by atoms with Crippen LogP contribution in [0.3, 0.4) is 0 Å². The molecule has 20 heavy (non-hydrogen) atoms. The van der Waals surface area contributed by atoms with Crippen molar-refractivity contribution in [2.24, 2.45) is 11.7 Å². The lowest BCUT2D eigenvalue weighted by molar-refractivity contribution is -0.137. The Morgan fingerprint density at radius 3 is 2.50 bits per heavy atom. The molecule has 6 heteroatoms. The lowest BCUT2D eigenvalue weighted by atomic mass is 9.87. The number of alkyl halides is 3. The molecule has 3 unspecified atom stereocenters. The second-order valence-corrected chi connectivity index (χ2v) is 5.82. The van der Waals surface area contributed by atoms with Gasteiger partial charge in [-0.25, -0.2) is 0 Å². The number of nitrogens with zero attached hydrogens (tertiary/aromatic N) is 1. The minimum Gasteiger partial charge on any atom is -0.367 e. The molecule has 1 aliphatic rings. The van der Waals surface area contributed by atoms with E-state index in [9.17, 15) is 13.2 Å². The first-order valence-electron chi connectivity index (χ1n) is 6.60. The zero-order valence-corrected chi connectivity index (χ0v) is 12.2. The van der Waals surface area contributed by atoms with Gasteiger partial charge in [-0.1, -0.05) is 18.5 Å². The van der Waals surface area contributed by atoms with Crippen LogP contribution in [-0.4, -0.2) is 18.6 Å². The average Bonchev–Trinajstić information content (AvgIpc) is 2.36. The number of rotatable bonds is 1. The minimum atomic E-state index is -4.37. The van der Waals surface area contributed by atoms with E-state index in [4.69, 9.17) is 17.3 Å². The van der Waals surface area contributed by atoms with Gasteiger partial charge < -0.3 is 10.6 Å². The summed E-state index contributed by atoms with van der Waals surface area (Å²) in [5, 5.41) is 0.134. The monoisotopic (exact) mass is 306 g/mol. The molecule has 0 amide bonds. The number of hydrogen-bond acceptors (Lipinski definition) is 2. The molecule has 1 aromatic carbocycles. The lowest BCUT2D eigenvalue weighted by Crippen LogP contribution is -2.52. The van der Waals surface area contributed by atoms with Crippen molar-refractivity contribution >= 4 is 17.3 Å². The molecule has 0 saturated carbocycles. The smallest absolute Gasteiger partial charge is 0.367 e. The first-order valence-corrected chi connectivity index (χ1v) is 6.98. The van der Waals surface area contributed by atoms with Crippen LogP contribution < -0.4 is 10.6 Å². The number of hydrogen-bond donors (Lipinski definition) is 1. The third kappa shape index (κ3) is 2.88. The molecule has 0 radical (unpaired) electrons. The van der Waals surface area contributed by atoms with Crippen molar-refractivity contribution in [3.63, 3.8) is 0 Å². The predicted molar refractivity (Wildman–Crippen MR) is 75.0 cm³/mol. The van der Waals surface area contributed by atoms with Crippen molar-refractivity contribution in [2.45, 2.75) is 38.5 Å². The Labute approximate surface area is 121 Å². The maximum atomic E-state index is 12.6. The van der Waals surface area contributed by atoms with E-state index in [0.717, 1.165) is 18.6 Å². The Balaban J connectivity index is 2.30. The highest BCUT2D eigenvalue weighted by atomic mass is 35.5. The normalized spacial score (nSPS) is 27.8. The van der Waals surface area contributed by atoms with Gasteiger partial charge in [0.25, 0.3) is 0 Å². The predicted octanol–water partition coefficient (Wildman–Crippen LogP) is 3.92. The summed E-state index contributed by atoms with van der Waals surface area (Å²) in [7, 11) is 0. The number of benzene rings is 1. The van der Waals surface area contributed by atoms with Crippen LogP contribution in [0.2, 0.25) is 5.02 Å². The van der Waals surface area contributed by atoms with Gasteiger partial charge in [-0.05, 0) is 37.5 Å². The zero-order valence-electron chi connectivity index (χ0n) is 11.4. The van der Waals surface area contributed by atoms with E-state index in [0.29, 0.717) is 12.2 Å². The van der Waals surface area contributed by atoms with Crippen molar-refractivity contribution in [2.75, 3.05) is 11.4 Å². The second-order valence-electron chi connectivity index (χ2n) is 5.41. The fourth-order valence-corrected chi connectivity index (χ4v) is 2.94. The molecule has 2 nitrogen and oxygen atoms in total. The third-order valence-electron chi connectivity index (χ3n) is 4.22. The SMILES string of the molecule is CC1C(N)CCN(c2ccc(C(F)(F)F)cc2Cl)C1C. The van der Waals surface area contributed by atoms with E-state index in [1.807, 2.05) is 11.8 Å². The van der Waals surface area contributed by atoms with Gasteiger partial charge in [-0.3, -0.25) is 0 Å². The van der Waals surface area contributed by atoms with E-state index >= 15 is 0 Å². The molecule has 1 aromatic rings. The summed E-state index contributed by atoms with van der Waals surface area (Å²) in [6.07, 6.45) is -3.56. The fourth-order valence-electron chi connectivity index (χ4n) is 2.65. The standard InChI is InChI=1S/C14H18ClF3N2/c1-8-9(2)20(6-5-12(8)19)13-4-3-10(7-11(13)15)14(16,17)18/h3-4,7-9,12H,5-6,19H2,1-2H3. The Bertz CT molecular complexity index is 490. The highest BCUT2D eigenvalue weighted by molar-refractivity contribution is 6.33. The molecule has 1 aliphatic heterocycles. The summed E-state index contributed by atoms with van der Waals surface area (Å²) in [6, 6.07) is 3.78. The molecule has 0 aromatic heterocycles. The highest BCUT2D eigenvalue weighted by Gasteiger charge is 2.34. The molecule has 1 fully saturated rings. The van der Waals surface area contributed by atoms with Gasteiger partial charge >= 0.3 is 6.18 Å². The van der Waals surface area contributed by atoms with Gasteiger partial charge in [-0.15, -0.1) is 0 Å². The molecule has 3 atom stereocenters. The van der Waals surface area contributed by atoms with Crippen LogP contribution in [0.15, 0.2) is 18.2 Å². The quantitative estimate of drug-likeness (QED) is 0.852. The van der Waals surface area contributed by atoms with Crippen LogP contribution in [0.5, 0.6) is 0 Å². The van der Waals surface area contributed by atoms with Crippen molar-refractivity contribution in [1.82, 2.24) is 0 Å². The van der Waals surface area contributed by atoms with Gasteiger partial charge in [0.2, 0.25) is 0 Å². The summed E-state index contributed by atoms with van der Waals surface area (Å²) >= 11 is 6.05. The average molecular weight is 307 g/mol. The summed E-state index contributed by atoms with van der Waals surface area (Å²) in [6.45, 7) is 4.79. The Morgan fingerprint density at radius 1 is 1.30 bits per heavy atom. The van der Waals surface area contributed by atoms with Crippen molar-refractivity contribution in [3.8, 4) is 0 Å². The molecule has 1 heterocycles. The van der Waals surface area contributed by atoms with Gasteiger partial charge in [-0.2, -0.15) is 13.2 Å². The van der Waals surface area contributed by atoms with Crippen molar-refractivity contribution < 1.29 is 13.2 Å². The van der Waals surface area contributed by atoms with Crippen LogP contribution in [-0.2, 0) is 6.18 Å². The van der Waals surface area contributed by atoms with E-state index in [-0.39, 0.29) is 23.0 Å². The van der Waals surface area contributed by atoms with Crippen LogP contribution in [0.25, 0.3) is 0 Å². The van der Waals surface area contributed by atoms with Gasteiger partial charge in [0.05, 0.1) is 16.3 Å². The van der Waals surface area contributed by atoms with E-state index < -0.39 is 11.7 Å². The number of piperidine rings is 1. The zero-order chi connectivity index (χ0) is 15.1. The van der Waals surface area contributed by atoms with E-state index in [1.165, 1.54) is 6.07 Å². The number of halogens is 4. The highest BCUT2D eigenvalue weighted by Crippen LogP contribution is 2.37. The van der Waals surface area contributed by atoms with Gasteiger partial charge in [0.15, 0.2) is 0 Å². The molecular formula is C14H18ClF3N2.